The van der Waals surface area contributed by atoms with Gasteiger partial charge in [0.15, 0.2) is 24.4 Å². The Kier molecular flexibility index (Phi) is 37.0. The lowest BCUT2D eigenvalue weighted by Crippen LogP contribution is -2.57. The van der Waals surface area contributed by atoms with Crippen LogP contribution in [0.1, 0.15) is 145 Å². The van der Waals surface area contributed by atoms with Crippen LogP contribution >= 0.6 is 0 Å². The third kappa shape index (κ3) is 29.2. The molecular weight excluding hydrogens is 1680 g/mol. The van der Waals surface area contributed by atoms with E-state index >= 15 is 0 Å². The van der Waals surface area contributed by atoms with Crippen LogP contribution < -0.4 is 24.6 Å². The van der Waals surface area contributed by atoms with Crippen molar-refractivity contribution in [1.29, 1.82) is 0 Å². The van der Waals surface area contributed by atoms with Crippen LogP contribution in [-0.4, -0.2) is 270 Å². The minimum Gasteiger partial charge on any atom is -0.493 e. The van der Waals surface area contributed by atoms with Crippen LogP contribution in [0.3, 0.4) is 0 Å². The number of carbonyl (C=O) groups is 8. The van der Waals surface area contributed by atoms with Gasteiger partial charge in [-0.1, -0.05) is 67.1 Å². The zero-order valence-corrected chi connectivity index (χ0v) is 74.3. The normalized spacial score (nSPS) is 19.6. The van der Waals surface area contributed by atoms with Gasteiger partial charge in [-0.05, 0) is 151 Å². The van der Waals surface area contributed by atoms with Gasteiger partial charge in [0.05, 0.1) is 58.5 Å². The van der Waals surface area contributed by atoms with Crippen molar-refractivity contribution in [3.63, 3.8) is 0 Å². The third-order valence-corrected chi connectivity index (χ3v) is 24.9. The number of ether oxygens (including phenoxy) is 10. The lowest BCUT2D eigenvalue weighted by atomic mass is 9.90. The Hall–Kier alpha value is -10.7. The molecule has 4 aliphatic heterocycles. The largest absolute Gasteiger partial charge is 0.493 e. The molecule has 33 nitrogen and oxygen atoms in total. The van der Waals surface area contributed by atoms with Crippen molar-refractivity contribution in [2.45, 2.75) is 186 Å². The predicted molar refractivity (Wildman–Crippen MR) is 464 cm³/mol. The molecule has 6 aromatic rings. The molecular formula is C94H123F2N9O24. The van der Waals surface area contributed by atoms with E-state index in [0.717, 1.165) is 162 Å². The van der Waals surface area contributed by atoms with Crippen molar-refractivity contribution in [2.75, 3.05) is 123 Å². The Morgan fingerprint density at radius 3 is 1.47 bits per heavy atom. The summed E-state index contributed by atoms with van der Waals surface area (Å²) in [6.07, 6.45) is 4.58. The quantitative estimate of drug-likeness (QED) is 0.0140. The van der Waals surface area contributed by atoms with E-state index in [0.29, 0.717) is 100 Å². The van der Waals surface area contributed by atoms with Crippen LogP contribution in [-0.2, 0) is 97.5 Å². The SMILES string of the molecule is CC(=O)OC[C@@H](OC(C)=O)[C@@H](OC(C)=O)[C@H](OC(C)=O)[C@H](CN(CC1CNC1)C(=O)OCC1c2ccccc2-c2ccccc21)OC(C)=O.COCc1cnc(N2CCC([C@H]3C[C@H]3CCOc3ccc(CC(=O)N4CC(CCC[C@H](O)[C@@H](O)[C@H](O)[C@H](O)CO)C4)c(F)c3)CC2)nc1.COCc1cnc(N2CCC([C@H]3C[C@H]3CCOc3ccc(CC(=O)O)c(F)c3)CC2)nc1. The molecule has 7 N–H and O–H groups in total. The molecule has 2 aromatic heterocycles. The van der Waals surface area contributed by atoms with Gasteiger partial charge in [0.25, 0.3) is 0 Å². The molecule has 0 radical (unpaired) electrons. The fraction of sp³-hybridized carbons (Fsp3) is 0.574. The zero-order valence-electron chi connectivity index (χ0n) is 74.3. The molecule has 702 valence electrons. The number of anilines is 2. The second-order valence-electron chi connectivity index (χ2n) is 34.5. The first-order valence-electron chi connectivity index (χ1n) is 44.4. The number of carboxylic acid groups (broad SMARTS) is 1. The molecule has 13 rings (SSSR count). The number of nitrogens with zero attached hydrogens (tertiary/aromatic N) is 8. The van der Waals surface area contributed by atoms with Gasteiger partial charge >= 0.3 is 41.9 Å². The van der Waals surface area contributed by atoms with Gasteiger partial charge in [0, 0.05) is 168 Å². The van der Waals surface area contributed by atoms with E-state index in [-0.39, 0.29) is 68.2 Å². The first-order valence-corrected chi connectivity index (χ1v) is 44.4. The average Bonchev–Trinajstić information content (AvgIpc) is 1.62. The van der Waals surface area contributed by atoms with Crippen LogP contribution in [0.2, 0.25) is 0 Å². The number of rotatable bonds is 43. The fourth-order valence-electron chi connectivity index (χ4n) is 17.9. The molecule has 12 atom stereocenters. The number of benzene rings is 4. The maximum absolute atomic E-state index is 14.9. The van der Waals surface area contributed by atoms with Gasteiger partial charge in [-0.2, -0.15) is 0 Å². The summed E-state index contributed by atoms with van der Waals surface area (Å²) in [5.74, 6) is 0.547. The van der Waals surface area contributed by atoms with Crippen LogP contribution in [0.5, 0.6) is 11.5 Å². The number of fused-ring (bicyclic) bond motifs is 3. The number of carbonyl (C=O) groups excluding carboxylic acids is 7. The molecule has 7 aliphatic rings. The molecule has 4 saturated heterocycles. The standard InChI is InChI=1S/C35H51FN4O8.C35H42N2O12.C24H30FN3O4/c1-47-21-23-16-37-35(38-17-23)39-10-7-24(8-11-39)28-13-25(28)9-12-48-27-6-5-26(29(36)15-27)14-32(44)40-18-22(19-40)3-2-4-30(42)33(45)34(46)31(43)20-41;1-20(38)44-19-32(47-22(3)40)34(49-24(5)42)33(48-23(4)41)31(46-21(2)39)17-37(16-25-14-36-15-25)35(43)45-18-30-28-12-8-6-10-26(28)27-11-7-9-13-29(27)30;1-31-15-16-13-26-24(27-14-16)28-7-4-17(5-8-28)21-10-18(21)6-9-32-20-3-2-19(11-23(29)30)22(25)12-20/h5-6,15-17,22,24-25,28,30-31,33-34,41-43,45-46H,2-4,7-14,18-21H2,1H3;6-13,25,30-34,36H,14-19H2,1-5H3;2-3,12-14,17-18,21H,4-11,15H2,1H3,(H,29,30)/t25-,28-,30+,31-,33-,34-;31-,32+,33+,34+;18-,21-/m101/s1. The Balaban J connectivity index is 0.000000191. The minimum atomic E-state index is -1.63. The van der Waals surface area contributed by atoms with E-state index < -0.39 is 116 Å². The lowest BCUT2D eigenvalue weighted by molar-refractivity contribution is -0.203. The van der Waals surface area contributed by atoms with Gasteiger partial charge < -0.3 is 103 Å². The van der Waals surface area contributed by atoms with Crippen LogP contribution in [0.15, 0.2) is 110 Å². The molecule has 6 heterocycles. The highest BCUT2D eigenvalue weighted by molar-refractivity contribution is 5.80. The Labute approximate surface area is 749 Å². The topological polar surface area (TPSA) is 427 Å². The third-order valence-electron chi connectivity index (χ3n) is 24.9. The highest BCUT2D eigenvalue weighted by Gasteiger charge is 2.48. The van der Waals surface area contributed by atoms with Gasteiger partial charge in [0.2, 0.25) is 17.8 Å². The molecule has 129 heavy (non-hydrogen) atoms. The maximum atomic E-state index is 14.9. The van der Waals surface area contributed by atoms with Crippen LogP contribution in [0.25, 0.3) is 11.1 Å². The predicted octanol–water partition coefficient (Wildman–Crippen LogP) is 8.15. The number of aromatic nitrogens is 4. The lowest BCUT2D eigenvalue weighted by Gasteiger charge is -2.39. The van der Waals surface area contributed by atoms with Gasteiger partial charge in [-0.3, -0.25) is 33.6 Å². The number of piperidine rings is 2. The summed E-state index contributed by atoms with van der Waals surface area (Å²) in [5, 5.41) is 60.0. The van der Waals surface area contributed by atoms with E-state index in [1.54, 1.807) is 37.3 Å². The van der Waals surface area contributed by atoms with Crippen molar-refractivity contribution >= 4 is 59.7 Å². The summed E-state index contributed by atoms with van der Waals surface area (Å²) in [6.45, 7) is 12.4. The van der Waals surface area contributed by atoms with Crippen molar-refractivity contribution in [3.05, 3.63) is 155 Å². The summed E-state index contributed by atoms with van der Waals surface area (Å²) in [7, 11) is 3.32. The average molecular weight is 1800 g/mol. The van der Waals surface area contributed by atoms with E-state index in [1.807, 2.05) is 73.3 Å². The van der Waals surface area contributed by atoms with Crippen molar-refractivity contribution in [3.8, 4) is 22.6 Å². The van der Waals surface area contributed by atoms with Crippen molar-refractivity contribution < 1.29 is 125 Å². The number of carboxylic acids is 1. The molecule has 2 saturated carbocycles. The molecule has 0 unspecified atom stereocenters. The smallest absolute Gasteiger partial charge is 0.409 e. The number of amides is 2. The summed E-state index contributed by atoms with van der Waals surface area (Å²) < 4.78 is 83.7. The highest BCUT2D eigenvalue weighted by atomic mass is 19.1. The Morgan fingerprint density at radius 1 is 0.558 bits per heavy atom. The van der Waals surface area contributed by atoms with Gasteiger partial charge in [0.1, 0.15) is 54.7 Å². The summed E-state index contributed by atoms with van der Waals surface area (Å²) in [6, 6.07) is 24.9. The number of esters is 5. The van der Waals surface area contributed by atoms with Crippen molar-refractivity contribution in [1.82, 2.24) is 35.1 Å². The summed E-state index contributed by atoms with van der Waals surface area (Å²) in [5.41, 5.74) is 6.62. The Morgan fingerprint density at radius 2 is 1.02 bits per heavy atom. The maximum Gasteiger partial charge on any atom is 0.409 e. The molecule has 2 amide bonds. The van der Waals surface area contributed by atoms with Crippen LogP contribution in [0.4, 0.5) is 25.5 Å². The van der Waals surface area contributed by atoms with E-state index in [4.69, 9.17) is 57.6 Å². The van der Waals surface area contributed by atoms with Gasteiger partial charge in [-0.25, -0.2) is 33.5 Å². The second-order valence-corrected chi connectivity index (χ2v) is 34.5. The monoisotopic (exact) mass is 1800 g/mol. The van der Waals surface area contributed by atoms with E-state index in [1.165, 1.54) is 35.9 Å². The molecule has 0 bridgehead atoms. The second kappa shape index (κ2) is 48.3. The Bertz CT molecular complexity index is 4630. The number of halogens is 2. The number of aliphatic carboxylic acids is 1. The first-order chi connectivity index (χ1) is 62.0. The van der Waals surface area contributed by atoms with E-state index in [9.17, 15) is 67.6 Å². The van der Waals surface area contributed by atoms with Crippen molar-refractivity contribution in [2.24, 2.45) is 47.3 Å². The van der Waals surface area contributed by atoms with Crippen LogP contribution in [0, 0.1) is 59.0 Å². The van der Waals surface area contributed by atoms with E-state index in [2.05, 4.69) is 35.1 Å². The highest BCUT2D eigenvalue weighted by Crippen LogP contribution is 2.52. The zero-order chi connectivity index (χ0) is 92.4. The minimum absolute atomic E-state index is 0.0187. The summed E-state index contributed by atoms with van der Waals surface area (Å²) >= 11 is 0. The number of aliphatic hydroxyl groups is 5. The number of hydrogen-bond donors (Lipinski definition) is 7. The number of aliphatic hydroxyl groups excluding tert-OH is 5. The number of hydrogen-bond acceptors (Lipinski definition) is 30. The molecule has 3 aliphatic carbocycles. The number of likely N-dealkylation sites (tertiary alicyclic amines) is 1. The molecule has 35 heteroatoms. The number of nitrogens with one attached hydrogen (secondary N) is 1. The molecule has 6 fully saturated rings. The molecule has 4 aromatic carbocycles. The first kappa shape index (κ1) is 98.9. The molecule has 0 spiro atoms. The summed E-state index contributed by atoms with van der Waals surface area (Å²) in [4.78, 5) is 124. The van der Waals surface area contributed by atoms with Gasteiger partial charge in [-0.15, -0.1) is 0 Å². The fourth-order valence-corrected chi connectivity index (χ4v) is 17.9. The number of methoxy groups -OCH3 is 2.